The van der Waals surface area contributed by atoms with Gasteiger partial charge in [0.15, 0.2) is 0 Å². The Labute approximate surface area is 92.1 Å². The third-order valence-corrected chi connectivity index (χ3v) is 0.612. The van der Waals surface area contributed by atoms with E-state index in [1.807, 2.05) is 20.8 Å². The second kappa shape index (κ2) is 17.5. The van der Waals surface area contributed by atoms with E-state index in [1.54, 1.807) is 31.6 Å². The second-order valence-corrected chi connectivity index (χ2v) is 2.98. The summed E-state index contributed by atoms with van der Waals surface area (Å²) in [6, 6.07) is 1.69. The molecule has 0 amide bonds. The summed E-state index contributed by atoms with van der Waals surface area (Å²) >= 11 is 1.55. The number of nitrogens with zero attached hydrogens (tertiary/aromatic N) is 3. The van der Waals surface area contributed by atoms with E-state index < -0.39 is 0 Å². The number of hydrogen-bond donors (Lipinski definition) is 0. The average Bonchev–Trinajstić information content (AvgIpc) is 2.61. The molecule has 0 radical (unpaired) electrons. The molecule has 76 valence electrons. The fourth-order valence-electron chi connectivity index (χ4n) is 0.310. The fraction of sp³-hybridized carbons (Fsp3) is 0.333. The Balaban J connectivity index is -0.000000146. The van der Waals surface area contributed by atoms with Gasteiger partial charge >= 0.3 is 30.7 Å². The molecular formula is C9H17N3W-2. The maximum atomic E-state index is 3.56. The summed E-state index contributed by atoms with van der Waals surface area (Å²) in [6.07, 6.45) is 1.57. The number of hydrogen-bond acceptors (Lipinski definition) is 2. The van der Waals surface area contributed by atoms with E-state index in [0.29, 0.717) is 5.82 Å². The largest absolute Gasteiger partial charge is 0.358 e. The van der Waals surface area contributed by atoms with Gasteiger partial charge in [-0.2, -0.15) is 0 Å². The van der Waals surface area contributed by atoms with E-state index >= 15 is 0 Å². The fourth-order valence-corrected chi connectivity index (χ4v) is 0.310. The van der Waals surface area contributed by atoms with Crippen LogP contribution in [-0.4, -0.2) is 16.2 Å². The van der Waals surface area contributed by atoms with Gasteiger partial charge in [0.1, 0.15) is 0 Å². The van der Waals surface area contributed by atoms with E-state index in [4.69, 9.17) is 0 Å². The molecule has 1 heterocycles. The van der Waals surface area contributed by atoms with Gasteiger partial charge < -0.3 is 17.5 Å². The van der Waals surface area contributed by atoms with Gasteiger partial charge in [-0.15, -0.1) is 6.72 Å². The first-order valence-electron chi connectivity index (χ1n) is 3.66. The van der Waals surface area contributed by atoms with Gasteiger partial charge in [0.2, 0.25) is 0 Å². The number of rotatable bonds is 1. The van der Waals surface area contributed by atoms with Crippen molar-refractivity contribution in [1.82, 2.24) is 10.2 Å². The molecule has 3 nitrogen and oxygen atoms in total. The van der Waals surface area contributed by atoms with Crippen LogP contribution in [0.5, 0.6) is 0 Å². The average molecular weight is 351 g/mol. The van der Waals surface area contributed by atoms with E-state index in [2.05, 4.69) is 26.3 Å². The van der Waals surface area contributed by atoms with Gasteiger partial charge in [0, 0.05) is 6.20 Å². The van der Waals surface area contributed by atoms with Crippen LogP contribution < -0.4 is 5.10 Å². The van der Waals surface area contributed by atoms with Crippen molar-refractivity contribution in [3.63, 3.8) is 0 Å². The van der Waals surface area contributed by atoms with Gasteiger partial charge in [-0.1, -0.05) is 13.8 Å². The molecule has 1 aromatic rings. The van der Waals surface area contributed by atoms with Crippen LogP contribution in [0.2, 0.25) is 0 Å². The maximum absolute atomic E-state index is 3.56. The van der Waals surface area contributed by atoms with Crippen LogP contribution in [0.25, 0.3) is 0 Å². The van der Waals surface area contributed by atoms with Crippen LogP contribution >= 0.6 is 0 Å². The molecule has 0 fully saturated rings. The molecule has 1 aromatic heterocycles. The van der Waals surface area contributed by atoms with Gasteiger partial charge in [0.05, 0.1) is 0 Å². The minimum atomic E-state index is 0. The van der Waals surface area contributed by atoms with Crippen molar-refractivity contribution < 1.29 is 19.4 Å². The van der Waals surface area contributed by atoms with Gasteiger partial charge in [0.25, 0.3) is 0 Å². The summed E-state index contributed by atoms with van der Waals surface area (Å²) in [5.74, 6) is 0.583. The Hall–Kier alpha value is -0.562. The van der Waals surface area contributed by atoms with E-state index in [0.717, 1.165) is 0 Å². The smallest absolute Gasteiger partial charge is 0.358 e. The first kappa shape index (κ1) is 18.3. The first-order chi connectivity index (χ1) is 5.85. The molecule has 0 spiro atoms. The zero-order valence-corrected chi connectivity index (χ0v) is 11.6. The molecule has 0 saturated heterocycles. The summed E-state index contributed by atoms with van der Waals surface area (Å²) in [5, 5.41) is 7.06. The molecule has 0 unspecified atom stereocenters. The minimum absolute atomic E-state index is 0. The zero-order chi connectivity index (χ0) is 9.82. The topological polar surface area (TPSA) is 39.4 Å². The molecule has 0 aliphatic heterocycles. The van der Waals surface area contributed by atoms with Crippen LogP contribution in [0.1, 0.15) is 20.8 Å². The predicted molar refractivity (Wildman–Crippen MR) is 56.3 cm³/mol. The Morgan fingerprint density at radius 3 is 2.23 bits per heavy atom. The molecule has 0 atom stereocenters. The number of aliphatic imine (C=N–C) groups is 1. The summed E-state index contributed by atoms with van der Waals surface area (Å²) < 4.78 is 2.08. The molecule has 4 heteroatoms. The van der Waals surface area contributed by atoms with Gasteiger partial charge in [-0.05, 0) is 11.9 Å². The molecule has 1 rings (SSSR count). The zero-order valence-electron chi connectivity index (χ0n) is 8.69. The van der Waals surface area contributed by atoms with Crippen molar-refractivity contribution in [2.75, 3.05) is 0 Å². The number of aromatic nitrogens is 2. The molecule has 0 aliphatic carbocycles. The molecule has 0 bridgehead atoms. The summed E-state index contributed by atoms with van der Waals surface area (Å²) in [4.78, 5) is 3.51. The Bertz CT molecular complexity index is 183. The Morgan fingerprint density at radius 1 is 1.62 bits per heavy atom. The van der Waals surface area contributed by atoms with Crippen molar-refractivity contribution in [3.05, 3.63) is 19.7 Å². The summed E-state index contributed by atoms with van der Waals surface area (Å²) in [5.41, 5.74) is 0. The van der Waals surface area contributed by atoms with Crippen LogP contribution in [-0.2, 0) is 19.4 Å². The summed E-state index contributed by atoms with van der Waals surface area (Å²) in [6.45, 7) is 9.29. The third-order valence-electron chi connectivity index (χ3n) is 0.612. The quantitative estimate of drug-likeness (QED) is 0.575. The van der Waals surface area contributed by atoms with E-state index in [1.165, 1.54) is 0 Å². The third kappa shape index (κ3) is 14.3. The van der Waals surface area contributed by atoms with Crippen LogP contribution in [0.15, 0.2) is 17.3 Å². The van der Waals surface area contributed by atoms with Gasteiger partial charge in [-0.3, -0.25) is 5.10 Å². The maximum Gasteiger partial charge on any atom is -0.358 e. The Morgan fingerprint density at radius 2 is 2.08 bits per heavy atom. The standard InChI is InChI=1S/C4H4N3.C2H6.C2H4.CH3.W/c1-5-4-2-3-6-7-4;2*1-2;;/h2-3H,1H2;1-2H3;1H,2H3;1H3;/q-1;;;-1;. The second-order valence-electron chi connectivity index (χ2n) is 1.28. The SMILES string of the molecule is C=Nc1ccn[n-]1.CC.C[CH]=[W].[CH3-]. The molecule has 0 aliphatic rings. The molecule has 0 saturated carbocycles. The molecule has 0 aromatic carbocycles. The van der Waals surface area contributed by atoms with Crippen LogP contribution in [0.3, 0.4) is 0 Å². The molecular weight excluding hydrogens is 334 g/mol. The van der Waals surface area contributed by atoms with Crippen molar-refractivity contribution in [2.24, 2.45) is 4.99 Å². The molecule has 13 heavy (non-hydrogen) atoms. The van der Waals surface area contributed by atoms with Crippen molar-refractivity contribution >= 4 is 16.9 Å². The van der Waals surface area contributed by atoms with E-state index in [9.17, 15) is 0 Å². The van der Waals surface area contributed by atoms with Crippen LogP contribution in [0, 0.1) is 7.43 Å². The monoisotopic (exact) mass is 351 g/mol. The van der Waals surface area contributed by atoms with Crippen molar-refractivity contribution in [3.8, 4) is 0 Å². The van der Waals surface area contributed by atoms with Crippen molar-refractivity contribution in [1.29, 1.82) is 0 Å². The molecule has 0 N–H and O–H groups in total. The van der Waals surface area contributed by atoms with E-state index in [-0.39, 0.29) is 7.43 Å². The predicted octanol–water partition coefficient (Wildman–Crippen LogP) is 2.20. The minimum Gasteiger partial charge on any atom is -0.358 e. The first-order valence-corrected chi connectivity index (χ1v) is 5.35. The Kier molecular flexibility index (Phi) is 24.6. The summed E-state index contributed by atoms with van der Waals surface area (Å²) in [7, 11) is 0. The van der Waals surface area contributed by atoms with Crippen molar-refractivity contribution in [2.45, 2.75) is 20.8 Å². The van der Waals surface area contributed by atoms with Gasteiger partial charge in [-0.25, -0.2) is 0 Å². The van der Waals surface area contributed by atoms with Crippen LogP contribution in [0.4, 0.5) is 5.82 Å². The normalized spacial score (nSPS) is 6.08.